The maximum absolute atomic E-state index is 12.2. The number of anilines is 1. The molecular formula is C15H17N5O5S. The molecule has 2 rings (SSSR count). The molecule has 10 nitrogen and oxygen atoms in total. The number of carbonyl (C=O) groups excluding carboxylic acids is 1. The summed E-state index contributed by atoms with van der Waals surface area (Å²) in [6.45, 7) is 1.23. The van der Waals surface area contributed by atoms with E-state index in [-0.39, 0.29) is 30.0 Å². The molecule has 1 aromatic carbocycles. The molecule has 0 aromatic heterocycles. The number of nitrogens with one attached hydrogen (secondary N) is 1. The number of nitriles is 1. The van der Waals surface area contributed by atoms with Crippen molar-refractivity contribution in [3.8, 4) is 6.07 Å². The maximum Gasteiger partial charge on any atom is 0.271 e. The molecule has 1 aliphatic heterocycles. The minimum atomic E-state index is -3.26. The molecule has 0 spiro atoms. The van der Waals surface area contributed by atoms with Crippen LogP contribution in [0.25, 0.3) is 0 Å². The molecule has 0 saturated carbocycles. The van der Waals surface area contributed by atoms with Crippen molar-refractivity contribution in [3.05, 3.63) is 46.2 Å². The zero-order chi connectivity index (χ0) is 19.3. The number of nitro benzene ring substituents is 1. The summed E-state index contributed by atoms with van der Waals surface area (Å²) in [4.78, 5) is 24.1. The smallest absolute Gasteiger partial charge is 0.271 e. The second kappa shape index (κ2) is 7.94. The number of sulfonamides is 1. The standard InChI is InChI=1S/C15H17N5O5S/c1-26(24,25)19-7-5-18(6-8-19)11-12(10-16)15(21)17-13-3-2-4-14(9-13)20(22)23/h2-4,9,11H,5-8H2,1H3,(H,17,21)/b12-11-. The summed E-state index contributed by atoms with van der Waals surface area (Å²) >= 11 is 0. The summed E-state index contributed by atoms with van der Waals surface area (Å²) in [5.41, 5.74) is -0.154. The number of nitro groups is 1. The van der Waals surface area contributed by atoms with Crippen molar-refractivity contribution in [1.29, 1.82) is 5.26 Å². The van der Waals surface area contributed by atoms with Gasteiger partial charge in [-0.2, -0.15) is 9.57 Å². The minimum absolute atomic E-state index is 0.177. The van der Waals surface area contributed by atoms with Gasteiger partial charge in [0.2, 0.25) is 10.0 Å². The molecule has 1 N–H and O–H groups in total. The molecule has 26 heavy (non-hydrogen) atoms. The van der Waals surface area contributed by atoms with Crippen molar-refractivity contribution in [2.24, 2.45) is 0 Å². The Balaban J connectivity index is 2.05. The van der Waals surface area contributed by atoms with Crippen LogP contribution in [0.2, 0.25) is 0 Å². The second-order valence-electron chi connectivity index (χ2n) is 5.61. The fourth-order valence-corrected chi connectivity index (χ4v) is 3.21. The molecule has 0 unspecified atom stereocenters. The fourth-order valence-electron chi connectivity index (χ4n) is 2.38. The molecule has 0 atom stereocenters. The highest BCUT2D eigenvalue weighted by Crippen LogP contribution is 2.18. The Morgan fingerprint density at radius 3 is 2.54 bits per heavy atom. The average molecular weight is 379 g/mol. The summed E-state index contributed by atoms with van der Waals surface area (Å²) in [5.74, 6) is -0.696. The molecular weight excluding hydrogens is 362 g/mol. The lowest BCUT2D eigenvalue weighted by Crippen LogP contribution is -2.46. The van der Waals surface area contributed by atoms with Crippen molar-refractivity contribution >= 4 is 27.3 Å². The van der Waals surface area contributed by atoms with Gasteiger partial charge in [-0.05, 0) is 6.07 Å². The lowest BCUT2D eigenvalue weighted by atomic mass is 10.2. The summed E-state index contributed by atoms with van der Waals surface area (Å²) < 4.78 is 24.3. The van der Waals surface area contributed by atoms with Gasteiger partial charge in [-0.1, -0.05) is 6.07 Å². The Hall–Kier alpha value is -2.97. The van der Waals surface area contributed by atoms with E-state index < -0.39 is 20.9 Å². The number of rotatable bonds is 5. The normalized spacial score (nSPS) is 16.0. The molecule has 1 aromatic rings. The van der Waals surface area contributed by atoms with E-state index >= 15 is 0 Å². The Bertz CT molecular complexity index is 882. The summed E-state index contributed by atoms with van der Waals surface area (Å²) in [6.07, 6.45) is 2.50. The molecule has 0 radical (unpaired) electrons. The van der Waals surface area contributed by atoms with Gasteiger partial charge in [0.05, 0.1) is 11.2 Å². The van der Waals surface area contributed by atoms with Crippen LogP contribution in [0.4, 0.5) is 11.4 Å². The van der Waals surface area contributed by atoms with Crippen LogP contribution in [0, 0.1) is 21.4 Å². The Kier molecular flexibility index (Phi) is 5.91. The van der Waals surface area contributed by atoms with Crippen molar-refractivity contribution < 1.29 is 18.1 Å². The largest absolute Gasteiger partial charge is 0.373 e. The predicted molar refractivity (Wildman–Crippen MR) is 93.4 cm³/mol. The molecule has 0 bridgehead atoms. The molecule has 138 valence electrons. The third kappa shape index (κ3) is 5.01. The highest BCUT2D eigenvalue weighted by Gasteiger charge is 2.23. The third-order valence-electron chi connectivity index (χ3n) is 3.73. The van der Waals surface area contributed by atoms with Crippen LogP contribution in [0.3, 0.4) is 0 Å². The van der Waals surface area contributed by atoms with E-state index in [1.165, 1.54) is 34.8 Å². The molecule has 11 heteroatoms. The van der Waals surface area contributed by atoms with Gasteiger partial charge in [-0.3, -0.25) is 14.9 Å². The topological polar surface area (TPSA) is 137 Å². The molecule has 1 fully saturated rings. The first-order valence-electron chi connectivity index (χ1n) is 7.57. The highest BCUT2D eigenvalue weighted by atomic mass is 32.2. The lowest BCUT2D eigenvalue weighted by molar-refractivity contribution is -0.384. The van der Waals surface area contributed by atoms with Gasteiger partial charge in [-0.25, -0.2) is 8.42 Å². The minimum Gasteiger partial charge on any atom is -0.373 e. The first kappa shape index (κ1) is 19.4. The van der Waals surface area contributed by atoms with Crippen molar-refractivity contribution in [1.82, 2.24) is 9.21 Å². The quantitative estimate of drug-likeness (QED) is 0.341. The van der Waals surface area contributed by atoms with E-state index in [0.717, 1.165) is 6.26 Å². The first-order valence-corrected chi connectivity index (χ1v) is 9.42. The first-order chi connectivity index (χ1) is 12.2. The Labute approximate surface area is 150 Å². The number of piperazine rings is 1. The number of amides is 1. The van der Waals surface area contributed by atoms with Crippen molar-refractivity contribution in [2.45, 2.75) is 0 Å². The number of nitrogens with zero attached hydrogens (tertiary/aromatic N) is 4. The van der Waals surface area contributed by atoms with Crippen LogP contribution < -0.4 is 5.32 Å². The third-order valence-corrected chi connectivity index (χ3v) is 5.04. The molecule has 0 aliphatic carbocycles. The van der Waals surface area contributed by atoms with Gasteiger partial charge in [0.1, 0.15) is 11.6 Å². The summed E-state index contributed by atoms with van der Waals surface area (Å²) in [7, 11) is -3.26. The number of hydrogen-bond acceptors (Lipinski definition) is 7. The van der Waals surface area contributed by atoms with E-state index in [9.17, 15) is 28.6 Å². The number of benzene rings is 1. The van der Waals surface area contributed by atoms with Gasteiger partial charge < -0.3 is 10.2 Å². The van der Waals surface area contributed by atoms with Crippen molar-refractivity contribution in [3.63, 3.8) is 0 Å². The van der Waals surface area contributed by atoms with E-state index in [1.54, 1.807) is 11.0 Å². The number of hydrogen-bond donors (Lipinski definition) is 1. The molecule has 1 saturated heterocycles. The van der Waals surface area contributed by atoms with Crippen LogP contribution in [-0.4, -0.2) is 60.9 Å². The lowest BCUT2D eigenvalue weighted by Gasteiger charge is -2.32. The molecule has 1 aliphatic rings. The highest BCUT2D eigenvalue weighted by molar-refractivity contribution is 7.88. The van der Waals surface area contributed by atoms with Crippen LogP contribution in [-0.2, 0) is 14.8 Å². The van der Waals surface area contributed by atoms with E-state index in [1.807, 2.05) is 0 Å². The zero-order valence-electron chi connectivity index (χ0n) is 14.0. The average Bonchev–Trinajstić information content (AvgIpc) is 2.59. The van der Waals surface area contributed by atoms with Gasteiger partial charge in [0.15, 0.2) is 0 Å². The zero-order valence-corrected chi connectivity index (χ0v) is 14.8. The fraction of sp³-hybridized carbons (Fsp3) is 0.333. The summed E-state index contributed by atoms with van der Waals surface area (Å²) in [5, 5.41) is 22.4. The van der Waals surface area contributed by atoms with Gasteiger partial charge in [0.25, 0.3) is 11.6 Å². The van der Waals surface area contributed by atoms with Crippen LogP contribution in [0.5, 0.6) is 0 Å². The number of non-ortho nitro benzene ring substituents is 1. The SMILES string of the molecule is CS(=O)(=O)N1CCN(/C=C(/C#N)C(=O)Nc2cccc([N+](=O)[O-])c2)CC1. The summed E-state index contributed by atoms with van der Waals surface area (Å²) in [6, 6.07) is 7.17. The monoisotopic (exact) mass is 379 g/mol. The molecule has 1 heterocycles. The maximum atomic E-state index is 12.2. The van der Waals surface area contributed by atoms with Crippen molar-refractivity contribution in [2.75, 3.05) is 37.8 Å². The van der Waals surface area contributed by atoms with Gasteiger partial charge in [0, 0.05) is 50.2 Å². The Morgan fingerprint density at radius 2 is 2.00 bits per heavy atom. The molecule has 1 amide bonds. The second-order valence-corrected chi connectivity index (χ2v) is 7.60. The van der Waals surface area contributed by atoms with Gasteiger partial charge >= 0.3 is 0 Å². The van der Waals surface area contributed by atoms with E-state index in [4.69, 9.17) is 0 Å². The Morgan fingerprint density at radius 1 is 1.35 bits per heavy atom. The van der Waals surface area contributed by atoms with Gasteiger partial charge in [-0.15, -0.1) is 0 Å². The number of carbonyl (C=O) groups is 1. The van der Waals surface area contributed by atoms with E-state index in [0.29, 0.717) is 13.1 Å². The predicted octanol–water partition coefficient (Wildman–Crippen LogP) is 0.518. The van der Waals surface area contributed by atoms with Crippen LogP contribution >= 0.6 is 0 Å². The van der Waals surface area contributed by atoms with Crippen LogP contribution in [0.15, 0.2) is 36.0 Å². The van der Waals surface area contributed by atoms with Crippen LogP contribution in [0.1, 0.15) is 0 Å². The van der Waals surface area contributed by atoms with E-state index in [2.05, 4.69) is 5.32 Å².